The first-order chi connectivity index (χ1) is 14.6. The van der Waals surface area contributed by atoms with E-state index in [1.807, 2.05) is 60.7 Å². The van der Waals surface area contributed by atoms with Crippen molar-refractivity contribution < 1.29 is 9.59 Å². The molecule has 2 aliphatic heterocycles. The summed E-state index contributed by atoms with van der Waals surface area (Å²) in [5.74, 6) is -0.883. The van der Waals surface area contributed by atoms with Crippen LogP contribution in [-0.4, -0.2) is 35.3 Å². The molecule has 0 saturated carbocycles. The highest BCUT2D eigenvalue weighted by Crippen LogP contribution is 2.45. The molecule has 4 atom stereocenters. The van der Waals surface area contributed by atoms with Crippen LogP contribution in [0.25, 0.3) is 0 Å². The maximum Gasteiger partial charge on any atom is 0.235 e. The van der Waals surface area contributed by atoms with Crippen LogP contribution in [0.4, 0.5) is 0 Å². The van der Waals surface area contributed by atoms with Crippen molar-refractivity contribution in [3.63, 3.8) is 0 Å². The van der Waals surface area contributed by atoms with E-state index in [1.165, 1.54) is 4.90 Å². The predicted molar refractivity (Wildman–Crippen MR) is 115 cm³/mol. The molecular formula is C23H27N5O2. The average molecular weight is 406 g/mol. The van der Waals surface area contributed by atoms with Crippen molar-refractivity contribution in [2.24, 2.45) is 28.3 Å². The van der Waals surface area contributed by atoms with Crippen LogP contribution in [0.2, 0.25) is 0 Å². The van der Waals surface area contributed by atoms with Crippen LogP contribution in [0.1, 0.15) is 30.0 Å². The van der Waals surface area contributed by atoms with Gasteiger partial charge in [0.15, 0.2) is 5.96 Å². The molecule has 30 heavy (non-hydrogen) atoms. The number of amides is 2. The van der Waals surface area contributed by atoms with Gasteiger partial charge in [-0.2, -0.15) is 0 Å². The normalized spacial score (nSPS) is 25.4. The van der Waals surface area contributed by atoms with Crippen molar-refractivity contribution in [1.29, 1.82) is 0 Å². The number of guanidine groups is 1. The lowest BCUT2D eigenvalue weighted by atomic mass is 9.85. The number of rotatable bonds is 7. The van der Waals surface area contributed by atoms with Crippen LogP contribution < -0.4 is 16.8 Å². The molecule has 2 fully saturated rings. The van der Waals surface area contributed by atoms with Gasteiger partial charge in [-0.15, -0.1) is 0 Å². The number of hydrogen-bond acceptors (Lipinski definition) is 4. The number of likely N-dealkylation sites (tertiary alicyclic amines) is 1. The molecule has 5 N–H and O–H groups in total. The van der Waals surface area contributed by atoms with Crippen LogP contribution in [0.5, 0.6) is 0 Å². The maximum atomic E-state index is 13.4. The summed E-state index contributed by atoms with van der Waals surface area (Å²) in [5.41, 5.74) is 12.8. The summed E-state index contributed by atoms with van der Waals surface area (Å²) in [6.45, 7) is 0.817. The van der Waals surface area contributed by atoms with Gasteiger partial charge >= 0.3 is 0 Å². The van der Waals surface area contributed by atoms with E-state index in [9.17, 15) is 9.59 Å². The highest BCUT2D eigenvalue weighted by molar-refractivity contribution is 6.06. The number of benzene rings is 2. The molecule has 0 bridgehead atoms. The number of fused-ring (bicyclic) bond motifs is 1. The molecule has 2 saturated heterocycles. The zero-order valence-electron chi connectivity index (χ0n) is 16.8. The topological polar surface area (TPSA) is 114 Å². The minimum Gasteiger partial charge on any atom is -0.370 e. The molecule has 2 aromatic rings. The summed E-state index contributed by atoms with van der Waals surface area (Å²) in [6.07, 6.45) is 1.46. The first-order valence-electron chi connectivity index (χ1n) is 10.3. The number of nitrogens with two attached hydrogens (primary N) is 2. The molecule has 2 amide bonds. The highest BCUT2D eigenvalue weighted by Gasteiger charge is 2.58. The molecule has 156 valence electrons. The van der Waals surface area contributed by atoms with E-state index in [-0.39, 0.29) is 35.8 Å². The lowest BCUT2D eigenvalue weighted by molar-refractivity contribution is -0.141. The minimum absolute atomic E-state index is 0.0653. The third-order valence-corrected chi connectivity index (χ3v) is 5.99. The van der Waals surface area contributed by atoms with Crippen LogP contribution in [0, 0.1) is 11.8 Å². The number of aliphatic imine (C=N–C) groups is 1. The summed E-state index contributed by atoms with van der Waals surface area (Å²) in [6, 6.07) is 19.3. The molecule has 7 heteroatoms. The molecule has 4 rings (SSSR count). The number of carbonyl (C=O) groups is 2. The molecule has 2 heterocycles. The lowest BCUT2D eigenvalue weighted by Crippen LogP contribution is -2.39. The van der Waals surface area contributed by atoms with Gasteiger partial charge in [-0.05, 0) is 24.0 Å². The summed E-state index contributed by atoms with van der Waals surface area (Å²) >= 11 is 0. The van der Waals surface area contributed by atoms with Gasteiger partial charge in [0.1, 0.15) is 0 Å². The minimum atomic E-state index is -0.392. The van der Waals surface area contributed by atoms with Crippen molar-refractivity contribution in [3.05, 3.63) is 71.8 Å². The molecule has 0 aromatic heterocycles. The van der Waals surface area contributed by atoms with Gasteiger partial charge in [0.05, 0.1) is 18.4 Å². The number of nitrogens with one attached hydrogen (secondary N) is 1. The Kier molecular flexibility index (Phi) is 5.81. The number of nitrogens with zero attached hydrogens (tertiary/aromatic N) is 2. The van der Waals surface area contributed by atoms with E-state index < -0.39 is 5.92 Å². The lowest BCUT2D eigenvalue weighted by Gasteiger charge is -2.22. The fourth-order valence-corrected chi connectivity index (χ4v) is 4.65. The summed E-state index contributed by atoms with van der Waals surface area (Å²) < 4.78 is 0. The fraction of sp³-hybridized carbons (Fsp3) is 0.348. The van der Waals surface area contributed by atoms with Crippen LogP contribution in [0.3, 0.4) is 0 Å². The Morgan fingerprint density at radius 2 is 1.57 bits per heavy atom. The van der Waals surface area contributed by atoms with Gasteiger partial charge in [-0.3, -0.25) is 19.5 Å². The zero-order valence-corrected chi connectivity index (χ0v) is 16.8. The fourth-order valence-electron chi connectivity index (χ4n) is 4.65. The second-order valence-electron chi connectivity index (χ2n) is 7.91. The second-order valence-corrected chi connectivity index (χ2v) is 7.91. The smallest absolute Gasteiger partial charge is 0.235 e. The Balaban J connectivity index is 1.58. The van der Waals surface area contributed by atoms with E-state index in [4.69, 9.17) is 11.5 Å². The molecule has 2 aromatic carbocycles. The Morgan fingerprint density at radius 1 is 0.933 bits per heavy atom. The quantitative estimate of drug-likeness (QED) is 0.280. The van der Waals surface area contributed by atoms with E-state index in [2.05, 4.69) is 10.3 Å². The van der Waals surface area contributed by atoms with Gasteiger partial charge < -0.3 is 16.8 Å². The number of hydrogen-bond donors (Lipinski definition) is 3. The van der Waals surface area contributed by atoms with Crippen molar-refractivity contribution >= 4 is 17.8 Å². The first-order valence-corrected chi connectivity index (χ1v) is 10.3. The van der Waals surface area contributed by atoms with Crippen LogP contribution in [0.15, 0.2) is 65.7 Å². The highest BCUT2D eigenvalue weighted by atomic mass is 16.2. The first kappa shape index (κ1) is 20.1. The van der Waals surface area contributed by atoms with Crippen molar-refractivity contribution in [1.82, 2.24) is 10.2 Å². The summed E-state index contributed by atoms with van der Waals surface area (Å²) in [5, 5.41) is 3.56. The SMILES string of the molecule is NC(N)=NCCCC1NC(c2ccccc2)C2C(=O)N(Cc3ccccc3)C(=O)C12. The predicted octanol–water partition coefficient (Wildman–Crippen LogP) is 1.55. The molecule has 0 aliphatic carbocycles. The van der Waals surface area contributed by atoms with Crippen LogP contribution in [-0.2, 0) is 16.1 Å². The monoisotopic (exact) mass is 405 g/mol. The Morgan fingerprint density at radius 3 is 2.23 bits per heavy atom. The van der Waals surface area contributed by atoms with E-state index in [1.54, 1.807) is 0 Å². The van der Waals surface area contributed by atoms with Gasteiger partial charge in [-0.25, -0.2) is 0 Å². The zero-order chi connectivity index (χ0) is 21.1. The van der Waals surface area contributed by atoms with E-state index >= 15 is 0 Å². The maximum absolute atomic E-state index is 13.4. The van der Waals surface area contributed by atoms with Crippen molar-refractivity contribution in [2.75, 3.05) is 6.54 Å². The van der Waals surface area contributed by atoms with Gasteiger partial charge in [-0.1, -0.05) is 60.7 Å². The van der Waals surface area contributed by atoms with E-state index in [0.717, 1.165) is 24.0 Å². The van der Waals surface area contributed by atoms with Gasteiger partial charge in [0, 0.05) is 18.6 Å². The molecule has 0 radical (unpaired) electrons. The largest absolute Gasteiger partial charge is 0.370 e. The third kappa shape index (κ3) is 3.93. The summed E-state index contributed by atoms with van der Waals surface area (Å²) in [7, 11) is 0. The van der Waals surface area contributed by atoms with Gasteiger partial charge in [0.2, 0.25) is 11.8 Å². The van der Waals surface area contributed by atoms with Gasteiger partial charge in [0.25, 0.3) is 0 Å². The molecule has 2 aliphatic rings. The third-order valence-electron chi connectivity index (χ3n) is 5.99. The molecular weight excluding hydrogens is 378 g/mol. The van der Waals surface area contributed by atoms with Crippen LogP contribution >= 0.6 is 0 Å². The number of carbonyl (C=O) groups excluding carboxylic acids is 2. The number of imide groups is 1. The van der Waals surface area contributed by atoms with E-state index in [0.29, 0.717) is 13.1 Å². The molecule has 7 nitrogen and oxygen atoms in total. The summed E-state index contributed by atoms with van der Waals surface area (Å²) in [4.78, 5) is 32.2. The standard InChI is InChI=1S/C23H27N5O2/c24-23(25)26-13-7-12-17-18-19(20(27-17)16-10-5-2-6-11-16)22(30)28(21(18)29)14-15-8-3-1-4-9-15/h1-6,8-11,17-20,27H,7,12-14H2,(H4,24,25,26). The second kappa shape index (κ2) is 8.67. The molecule has 4 unspecified atom stereocenters. The average Bonchev–Trinajstić information content (AvgIpc) is 3.25. The Bertz CT molecular complexity index is 927. The Hall–Kier alpha value is -3.19. The molecule has 0 spiro atoms. The Labute approximate surface area is 176 Å². The van der Waals surface area contributed by atoms with Crippen molar-refractivity contribution in [2.45, 2.75) is 31.5 Å². The van der Waals surface area contributed by atoms with Crippen molar-refractivity contribution in [3.8, 4) is 0 Å².